The summed E-state index contributed by atoms with van der Waals surface area (Å²) in [6.07, 6.45) is 9.84. The second-order valence-corrected chi connectivity index (χ2v) is 29.5. The van der Waals surface area contributed by atoms with Crippen LogP contribution in [0.2, 0.25) is 31.4 Å². The molecule has 1 aromatic heterocycles. The molecular weight excluding hydrogens is 513 g/mol. The third-order valence-electron chi connectivity index (χ3n) is 7.20. The van der Waals surface area contributed by atoms with Crippen molar-refractivity contribution in [3.8, 4) is 11.8 Å². The van der Waals surface area contributed by atoms with Crippen molar-refractivity contribution >= 4 is 30.3 Å². The molecule has 1 rings (SSSR count). The summed E-state index contributed by atoms with van der Waals surface area (Å²) < 4.78 is 12.6. The molecule has 0 amide bonds. The third-order valence-corrected chi connectivity index (χ3v) is 27.5. The van der Waals surface area contributed by atoms with Crippen LogP contribution in [0, 0.1) is 11.8 Å². The number of rotatable bonds is 12. The van der Waals surface area contributed by atoms with E-state index in [0.717, 1.165) is 5.69 Å². The van der Waals surface area contributed by atoms with E-state index in [1.54, 1.807) is 3.58 Å². The Kier molecular flexibility index (Phi) is 12.0. The van der Waals surface area contributed by atoms with Crippen LogP contribution in [0.4, 0.5) is 0 Å². The monoisotopic (exact) mass is 565 g/mol. The molecule has 0 bridgehead atoms. The van der Waals surface area contributed by atoms with Gasteiger partial charge < -0.3 is 0 Å². The Bertz CT molecular complexity index is 733. The summed E-state index contributed by atoms with van der Waals surface area (Å²) in [5, 5.41) is 0.175. The molecule has 0 aliphatic carbocycles. The van der Waals surface area contributed by atoms with Crippen LogP contribution >= 0.6 is 0 Å². The molecule has 0 spiro atoms. The SMILES string of the molecule is CCC[CH2][Sn]([CH2]CCC)([CH2]CCC)[c]1cccnc1C#CC(C)(C)O[Si](C)(C)C(C)(C)C. The van der Waals surface area contributed by atoms with Gasteiger partial charge in [0.25, 0.3) is 0 Å². The fourth-order valence-electron chi connectivity index (χ4n) is 4.28. The number of aromatic nitrogens is 1. The summed E-state index contributed by atoms with van der Waals surface area (Å²) in [5.41, 5.74) is 0.588. The van der Waals surface area contributed by atoms with Gasteiger partial charge >= 0.3 is 207 Å². The number of pyridine rings is 1. The molecule has 2 nitrogen and oxygen atoms in total. The van der Waals surface area contributed by atoms with Crippen LogP contribution in [-0.2, 0) is 4.43 Å². The number of hydrogen-bond acceptors (Lipinski definition) is 2. The van der Waals surface area contributed by atoms with Gasteiger partial charge in [-0.2, -0.15) is 0 Å². The van der Waals surface area contributed by atoms with E-state index in [4.69, 9.17) is 9.41 Å². The summed E-state index contributed by atoms with van der Waals surface area (Å²) in [4.78, 5) is 4.85. The predicted octanol–water partition coefficient (Wildman–Crippen LogP) is 8.29. The van der Waals surface area contributed by atoms with Gasteiger partial charge in [0, 0.05) is 0 Å². The molecule has 4 heteroatoms. The van der Waals surface area contributed by atoms with E-state index < -0.39 is 32.3 Å². The topological polar surface area (TPSA) is 22.1 Å². The minimum absolute atomic E-state index is 0.175. The zero-order valence-electron chi connectivity index (χ0n) is 23.0. The fourth-order valence-corrected chi connectivity index (χ4v) is 22.3. The molecule has 0 saturated heterocycles. The van der Waals surface area contributed by atoms with Crippen molar-refractivity contribution in [2.45, 2.75) is 131 Å². The van der Waals surface area contributed by atoms with E-state index in [9.17, 15) is 0 Å². The molecule has 182 valence electrons. The van der Waals surface area contributed by atoms with E-state index in [1.165, 1.54) is 51.8 Å². The normalized spacial score (nSPS) is 13.1. The number of hydrogen-bond donors (Lipinski definition) is 0. The molecule has 0 aliphatic heterocycles. The van der Waals surface area contributed by atoms with Crippen molar-refractivity contribution in [1.82, 2.24) is 4.98 Å². The average molecular weight is 565 g/mol. The van der Waals surface area contributed by atoms with Gasteiger partial charge in [0.2, 0.25) is 0 Å². The van der Waals surface area contributed by atoms with Crippen molar-refractivity contribution in [2.24, 2.45) is 0 Å². The van der Waals surface area contributed by atoms with Gasteiger partial charge in [-0.3, -0.25) is 0 Å². The van der Waals surface area contributed by atoms with Gasteiger partial charge in [0.05, 0.1) is 0 Å². The summed E-state index contributed by atoms with van der Waals surface area (Å²) in [5.74, 6) is 7.07. The molecular formula is C28H51NOSiSn. The Labute approximate surface area is 205 Å². The van der Waals surface area contributed by atoms with E-state index in [-0.39, 0.29) is 5.04 Å². The van der Waals surface area contributed by atoms with Gasteiger partial charge in [-0.1, -0.05) is 0 Å². The van der Waals surface area contributed by atoms with Crippen molar-refractivity contribution in [2.75, 3.05) is 0 Å². The Hall–Kier alpha value is -0.314. The second kappa shape index (κ2) is 13.0. The van der Waals surface area contributed by atoms with Crippen LogP contribution < -0.4 is 3.58 Å². The first-order valence-corrected chi connectivity index (χ1v) is 23.4. The third kappa shape index (κ3) is 8.80. The van der Waals surface area contributed by atoms with Crippen LogP contribution in [0.15, 0.2) is 18.3 Å². The van der Waals surface area contributed by atoms with Crippen molar-refractivity contribution < 1.29 is 4.43 Å². The van der Waals surface area contributed by atoms with Crippen molar-refractivity contribution in [3.63, 3.8) is 0 Å². The first-order valence-electron chi connectivity index (χ1n) is 13.0. The van der Waals surface area contributed by atoms with Gasteiger partial charge in [-0.05, 0) is 0 Å². The zero-order valence-corrected chi connectivity index (χ0v) is 26.8. The molecule has 0 atom stereocenters. The maximum absolute atomic E-state index is 6.69. The molecule has 0 unspecified atom stereocenters. The molecule has 0 fully saturated rings. The Morgan fingerprint density at radius 2 is 1.41 bits per heavy atom. The number of nitrogens with zero attached hydrogens (tertiary/aromatic N) is 1. The fraction of sp³-hybridized carbons (Fsp3) is 0.750. The molecule has 1 aromatic rings. The first-order chi connectivity index (χ1) is 14.8. The summed E-state index contributed by atoms with van der Waals surface area (Å²) in [7, 11) is -1.89. The van der Waals surface area contributed by atoms with Crippen LogP contribution in [0.25, 0.3) is 0 Å². The molecule has 0 N–H and O–H groups in total. The minimum atomic E-state index is -2.59. The van der Waals surface area contributed by atoms with Crippen LogP contribution in [0.1, 0.15) is 99.6 Å². The van der Waals surface area contributed by atoms with E-state index in [2.05, 4.69) is 92.5 Å². The van der Waals surface area contributed by atoms with Crippen molar-refractivity contribution in [3.05, 3.63) is 24.0 Å². The Balaban J connectivity index is 3.42. The zero-order chi connectivity index (χ0) is 24.5. The molecule has 32 heavy (non-hydrogen) atoms. The van der Waals surface area contributed by atoms with Gasteiger partial charge in [-0.25, -0.2) is 0 Å². The number of unbranched alkanes of at least 4 members (excludes halogenated alkanes) is 3. The van der Waals surface area contributed by atoms with Gasteiger partial charge in [-0.15, -0.1) is 0 Å². The Morgan fingerprint density at radius 3 is 1.84 bits per heavy atom. The van der Waals surface area contributed by atoms with E-state index in [1.807, 2.05) is 6.20 Å². The van der Waals surface area contributed by atoms with E-state index >= 15 is 0 Å². The molecule has 0 radical (unpaired) electrons. The van der Waals surface area contributed by atoms with Crippen LogP contribution in [0.3, 0.4) is 0 Å². The van der Waals surface area contributed by atoms with Crippen LogP contribution in [-0.4, -0.2) is 37.3 Å². The predicted molar refractivity (Wildman–Crippen MR) is 148 cm³/mol. The van der Waals surface area contributed by atoms with Crippen molar-refractivity contribution in [1.29, 1.82) is 0 Å². The Morgan fingerprint density at radius 1 is 0.906 bits per heavy atom. The van der Waals surface area contributed by atoms with Gasteiger partial charge in [0.1, 0.15) is 0 Å². The first kappa shape index (κ1) is 29.7. The van der Waals surface area contributed by atoms with Gasteiger partial charge in [0.15, 0.2) is 0 Å². The molecule has 1 heterocycles. The summed E-state index contributed by atoms with van der Waals surface area (Å²) >= 11 is -2.59. The molecule has 0 aliphatic rings. The summed E-state index contributed by atoms with van der Waals surface area (Å²) in [6, 6.07) is 4.56. The molecule has 0 aromatic carbocycles. The quantitative estimate of drug-likeness (QED) is 0.188. The standard InChI is InChI=1S/C16H24NOSi.3C4H9.Sn/c1-15(2,3)19(6,7)18-16(4,5)12-11-14-10-8-9-13-17-14;3*1-3-4-2;/h8-9,13H,1-7H3;3*1,3-4H2,2H3;. The van der Waals surface area contributed by atoms with Crippen LogP contribution in [0.5, 0.6) is 0 Å². The second-order valence-electron chi connectivity index (χ2n) is 11.6. The van der Waals surface area contributed by atoms with E-state index in [0.29, 0.717) is 0 Å². The maximum atomic E-state index is 6.69. The molecule has 0 saturated carbocycles. The average Bonchev–Trinajstić information content (AvgIpc) is 2.71. The summed E-state index contributed by atoms with van der Waals surface area (Å²) in [6.45, 7) is 22.8.